The van der Waals surface area contributed by atoms with E-state index in [2.05, 4.69) is 14.8 Å². The molecule has 0 aliphatic carbocycles. The molecule has 0 fully saturated rings. The first-order chi connectivity index (χ1) is 13.7. The van der Waals surface area contributed by atoms with Gasteiger partial charge >= 0.3 is 6.09 Å². The number of methoxy groups -OCH3 is 1. The molecule has 0 aromatic heterocycles. The first-order valence-electron chi connectivity index (χ1n) is 9.03. The van der Waals surface area contributed by atoms with Crippen molar-refractivity contribution in [3.05, 3.63) is 54.1 Å². The van der Waals surface area contributed by atoms with E-state index in [1.54, 1.807) is 38.2 Å². The summed E-state index contributed by atoms with van der Waals surface area (Å²) in [5.41, 5.74) is 1.47. The van der Waals surface area contributed by atoms with Gasteiger partial charge in [0.2, 0.25) is 10.0 Å². The zero-order valence-electron chi connectivity index (χ0n) is 16.8. The maximum Gasteiger partial charge on any atom is 0.413 e. The van der Waals surface area contributed by atoms with Crippen molar-refractivity contribution in [3.63, 3.8) is 0 Å². The lowest BCUT2D eigenvalue weighted by atomic mass is 10.2. The van der Waals surface area contributed by atoms with E-state index in [9.17, 15) is 18.0 Å². The molecule has 2 amide bonds. The Morgan fingerprint density at radius 3 is 2.17 bits per heavy atom. The number of anilines is 2. The molecule has 1 atom stereocenters. The van der Waals surface area contributed by atoms with Gasteiger partial charge in [0.25, 0.3) is 5.91 Å². The van der Waals surface area contributed by atoms with Crippen LogP contribution in [-0.2, 0) is 14.8 Å². The van der Waals surface area contributed by atoms with E-state index in [-0.39, 0.29) is 16.8 Å². The van der Waals surface area contributed by atoms with Crippen molar-refractivity contribution in [2.24, 2.45) is 0 Å². The largest absolute Gasteiger partial charge is 0.452 e. The minimum absolute atomic E-state index is 0.101. The van der Waals surface area contributed by atoms with Gasteiger partial charge < -0.3 is 10.1 Å². The molecule has 0 aliphatic rings. The number of sulfonamides is 1. The highest BCUT2D eigenvalue weighted by Gasteiger charge is 2.17. The quantitative estimate of drug-likeness (QED) is 0.717. The first kappa shape index (κ1) is 22.4. The van der Waals surface area contributed by atoms with Gasteiger partial charge in [0.1, 0.15) is 0 Å². The summed E-state index contributed by atoms with van der Waals surface area (Å²) in [6, 6.07) is 12.2. The van der Waals surface area contributed by atoms with Gasteiger partial charge in [-0.3, -0.25) is 9.69 Å². The van der Waals surface area contributed by atoms with Crippen molar-refractivity contribution in [2.45, 2.75) is 31.2 Å². The Morgan fingerprint density at radius 2 is 1.66 bits per heavy atom. The summed E-state index contributed by atoms with van der Waals surface area (Å²) in [6.07, 6.45) is 0.174. The molecule has 0 saturated carbocycles. The van der Waals surface area contributed by atoms with Crippen molar-refractivity contribution in [1.82, 2.24) is 4.72 Å². The normalized spacial score (nSPS) is 12.1. The fourth-order valence-corrected chi connectivity index (χ4v) is 3.74. The molecule has 0 bridgehead atoms. The van der Waals surface area contributed by atoms with Gasteiger partial charge in [-0.25, -0.2) is 17.9 Å². The number of hydrogen-bond donors (Lipinski definition) is 2. The number of carbonyl (C=O) groups excluding carboxylic acids is 2. The fourth-order valence-electron chi connectivity index (χ4n) is 2.42. The van der Waals surface area contributed by atoms with Crippen LogP contribution < -0.4 is 14.9 Å². The monoisotopic (exact) mass is 419 g/mol. The van der Waals surface area contributed by atoms with Crippen LogP contribution in [0, 0.1) is 0 Å². The highest BCUT2D eigenvalue weighted by Crippen LogP contribution is 2.19. The molecule has 1 unspecified atom stereocenters. The molecule has 8 nitrogen and oxygen atoms in total. The number of amides is 2. The molecule has 0 heterocycles. The standard InChI is InChI=1S/C20H25N3O5S/c1-5-14(2)22-29(26,27)18-12-6-15(7-13-18)19(24)21-16-8-10-17(11-9-16)23(3)20(25)28-4/h6-14,22H,5H2,1-4H3,(H,21,24). The lowest BCUT2D eigenvalue weighted by Crippen LogP contribution is -2.32. The molecule has 156 valence electrons. The van der Waals surface area contributed by atoms with Crippen molar-refractivity contribution >= 4 is 33.4 Å². The predicted octanol–water partition coefficient (Wildman–Crippen LogP) is 3.22. The predicted molar refractivity (Wildman–Crippen MR) is 112 cm³/mol. The van der Waals surface area contributed by atoms with Gasteiger partial charge in [0, 0.05) is 30.0 Å². The third-order valence-corrected chi connectivity index (χ3v) is 5.96. The second-order valence-corrected chi connectivity index (χ2v) is 8.20. The molecular formula is C20H25N3O5S. The van der Waals surface area contributed by atoms with Crippen LogP contribution in [0.4, 0.5) is 16.2 Å². The number of benzene rings is 2. The number of ether oxygens (including phenoxy) is 1. The Labute approximate surface area is 170 Å². The van der Waals surface area contributed by atoms with Crippen molar-refractivity contribution < 1.29 is 22.7 Å². The van der Waals surface area contributed by atoms with E-state index < -0.39 is 16.1 Å². The minimum Gasteiger partial charge on any atom is -0.452 e. The summed E-state index contributed by atoms with van der Waals surface area (Å²) >= 11 is 0. The molecule has 2 aromatic rings. The number of rotatable bonds is 7. The Hall–Kier alpha value is -2.91. The molecule has 2 aromatic carbocycles. The Balaban J connectivity index is 2.07. The third-order valence-electron chi connectivity index (χ3n) is 4.36. The molecule has 0 spiro atoms. The average Bonchev–Trinajstić information content (AvgIpc) is 2.72. The molecule has 29 heavy (non-hydrogen) atoms. The molecular weight excluding hydrogens is 394 g/mol. The molecule has 2 rings (SSSR count). The summed E-state index contributed by atoms with van der Waals surface area (Å²) in [5, 5.41) is 2.73. The van der Waals surface area contributed by atoms with Crippen LogP contribution in [0.25, 0.3) is 0 Å². The lowest BCUT2D eigenvalue weighted by Gasteiger charge is -2.16. The average molecular weight is 420 g/mol. The topological polar surface area (TPSA) is 105 Å². The number of nitrogens with one attached hydrogen (secondary N) is 2. The first-order valence-corrected chi connectivity index (χ1v) is 10.5. The van der Waals surface area contributed by atoms with Crippen LogP contribution in [0.3, 0.4) is 0 Å². The number of nitrogens with zero attached hydrogens (tertiary/aromatic N) is 1. The molecule has 9 heteroatoms. The van der Waals surface area contributed by atoms with Gasteiger partial charge in [-0.1, -0.05) is 6.92 Å². The minimum atomic E-state index is -3.62. The van der Waals surface area contributed by atoms with Gasteiger partial charge in [-0.15, -0.1) is 0 Å². The van der Waals surface area contributed by atoms with Crippen LogP contribution >= 0.6 is 0 Å². The fraction of sp³-hybridized carbons (Fsp3) is 0.300. The second kappa shape index (κ2) is 9.53. The lowest BCUT2D eigenvalue weighted by molar-refractivity contribution is 0.102. The van der Waals surface area contributed by atoms with E-state index in [0.29, 0.717) is 23.4 Å². The molecule has 0 aliphatic heterocycles. The summed E-state index contributed by atoms with van der Waals surface area (Å²) in [6.45, 7) is 3.67. The van der Waals surface area contributed by atoms with Crippen LogP contribution in [0.5, 0.6) is 0 Å². The maximum atomic E-state index is 12.4. The van der Waals surface area contributed by atoms with E-state index in [4.69, 9.17) is 0 Å². The van der Waals surface area contributed by atoms with E-state index in [1.807, 2.05) is 6.92 Å². The summed E-state index contributed by atoms with van der Waals surface area (Å²) in [5.74, 6) is -0.377. The third kappa shape index (κ3) is 5.78. The van der Waals surface area contributed by atoms with Crippen LogP contribution in [0.1, 0.15) is 30.6 Å². The highest BCUT2D eigenvalue weighted by atomic mass is 32.2. The van der Waals surface area contributed by atoms with E-state index in [1.165, 1.54) is 36.3 Å². The van der Waals surface area contributed by atoms with Crippen molar-refractivity contribution in [3.8, 4) is 0 Å². The zero-order chi connectivity index (χ0) is 21.6. The van der Waals surface area contributed by atoms with Gasteiger partial charge in [-0.2, -0.15) is 0 Å². The number of hydrogen-bond acceptors (Lipinski definition) is 5. The number of carbonyl (C=O) groups is 2. The molecule has 0 radical (unpaired) electrons. The zero-order valence-corrected chi connectivity index (χ0v) is 17.6. The second-order valence-electron chi connectivity index (χ2n) is 6.49. The summed E-state index contributed by atoms with van der Waals surface area (Å²) in [4.78, 5) is 25.4. The highest BCUT2D eigenvalue weighted by molar-refractivity contribution is 7.89. The van der Waals surface area contributed by atoms with Gasteiger partial charge in [0.15, 0.2) is 0 Å². The smallest absolute Gasteiger partial charge is 0.413 e. The van der Waals surface area contributed by atoms with Crippen molar-refractivity contribution in [1.29, 1.82) is 0 Å². The van der Waals surface area contributed by atoms with Gasteiger partial charge in [0.05, 0.1) is 12.0 Å². The van der Waals surface area contributed by atoms with Crippen LogP contribution in [-0.4, -0.2) is 40.6 Å². The van der Waals surface area contributed by atoms with Crippen LogP contribution in [0.15, 0.2) is 53.4 Å². The van der Waals surface area contributed by atoms with Gasteiger partial charge in [-0.05, 0) is 61.9 Å². The Morgan fingerprint density at radius 1 is 1.07 bits per heavy atom. The van der Waals surface area contributed by atoms with Crippen molar-refractivity contribution in [2.75, 3.05) is 24.4 Å². The Kier molecular flexibility index (Phi) is 7.35. The molecule has 2 N–H and O–H groups in total. The van der Waals surface area contributed by atoms with E-state index in [0.717, 1.165) is 0 Å². The van der Waals surface area contributed by atoms with Crippen LogP contribution in [0.2, 0.25) is 0 Å². The maximum absolute atomic E-state index is 12.4. The summed E-state index contributed by atoms with van der Waals surface area (Å²) < 4.78 is 31.8. The Bertz CT molecular complexity index is 957. The molecule has 0 saturated heterocycles. The summed E-state index contributed by atoms with van der Waals surface area (Å²) in [7, 11) is -0.749. The SMILES string of the molecule is CCC(C)NS(=O)(=O)c1ccc(C(=O)Nc2ccc(N(C)C(=O)OC)cc2)cc1. The van der Waals surface area contributed by atoms with E-state index >= 15 is 0 Å².